The molecular weight excluding hydrogens is 443 g/mol. The molecule has 0 N–H and O–H groups in total. The van der Waals surface area contributed by atoms with Crippen LogP contribution in [0.15, 0.2) is 42.5 Å². The number of methoxy groups -OCH3 is 1. The summed E-state index contributed by atoms with van der Waals surface area (Å²) < 4.78 is 26.2. The van der Waals surface area contributed by atoms with E-state index in [1.807, 2.05) is 29.2 Å². The molecule has 0 spiro atoms. The number of benzene rings is 2. The van der Waals surface area contributed by atoms with Crippen molar-refractivity contribution in [2.24, 2.45) is 0 Å². The second-order valence-corrected chi connectivity index (χ2v) is 9.30. The highest BCUT2D eigenvalue weighted by Gasteiger charge is 2.34. The van der Waals surface area contributed by atoms with Crippen molar-refractivity contribution < 1.29 is 18.7 Å². The Labute approximate surface area is 200 Å². The van der Waals surface area contributed by atoms with Crippen LogP contribution in [-0.4, -0.2) is 61.2 Å². The van der Waals surface area contributed by atoms with Gasteiger partial charge in [-0.05, 0) is 62.6 Å². The maximum Gasteiger partial charge on any atom is 0.254 e. The standard InChI is InChI=1S/C26H32ClFN2O3/c1-32-25-9-5-13-30-24(25)8-2-3-12-29(18-20-10-11-21(27)17-23(20)28)14-15-33-22-7-4-6-19(16-22)26(30)31/h4,6-7,10-11,16-17,24-25H,2-3,5,8-9,12-15,18H2,1H3/t24-,25-/m0/s1. The van der Waals surface area contributed by atoms with Crippen LogP contribution in [0.3, 0.4) is 0 Å². The Bertz CT molecular complexity index is 957. The van der Waals surface area contributed by atoms with Gasteiger partial charge in [-0.1, -0.05) is 30.2 Å². The lowest BCUT2D eigenvalue weighted by Crippen LogP contribution is -2.51. The molecule has 1 fully saturated rings. The fourth-order valence-corrected chi connectivity index (χ4v) is 5.08. The maximum absolute atomic E-state index is 14.4. The number of halogens is 2. The molecule has 0 unspecified atom stereocenters. The van der Waals surface area contributed by atoms with Gasteiger partial charge in [-0.2, -0.15) is 0 Å². The highest BCUT2D eigenvalue weighted by molar-refractivity contribution is 6.30. The molecule has 2 aliphatic rings. The van der Waals surface area contributed by atoms with E-state index in [0.717, 1.165) is 45.2 Å². The summed E-state index contributed by atoms with van der Waals surface area (Å²) in [5.41, 5.74) is 1.28. The van der Waals surface area contributed by atoms with Gasteiger partial charge < -0.3 is 14.4 Å². The zero-order valence-corrected chi connectivity index (χ0v) is 19.9. The fourth-order valence-electron chi connectivity index (χ4n) is 4.92. The smallest absolute Gasteiger partial charge is 0.254 e. The molecule has 2 aromatic carbocycles. The lowest BCUT2D eigenvalue weighted by Gasteiger charge is -2.41. The number of fused-ring (bicyclic) bond motifs is 3. The molecule has 178 valence electrons. The Morgan fingerprint density at radius 1 is 1.09 bits per heavy atom. The average molecular weight is 475 g/mol. The van der Waals surface area contributed by atoms with Gasteiger partial charge in [0.05, 0.1) is 12.1 Å². The van der Waals surface area contributed by atoms with Crippen LogP contribution in [0, 0.1) is 5.82 Å². The topological polar surface area (TPSA) is 42.0 Å². The highest BCUT2D eigenvalue weighted by Crippen LogP contribution is 2.27. The van der Waals surface area contributed by atoms with Crippen molar-refractivity contribution in [2.75, 3.05) is 33.4 Å². The number of nitrogens with zero attached hydrogens (tertiary/aromatic N) is 2. The monoisotopic (exact) mass is 474 g/mol. The van der Waals surface area contributed by atoms with Crippen molar-refractivity contribution in [1.29, 1.82) is 0 Å². The van der Waals surface area contributed by atoms with Gasteiger partial charge in [0.25, 0.3) is 5.91 Å². The maximum atomic E-state index is 14.4. The molecule has 2 aromatic rings. The van der Waals surface area contributed by atoms with Gasteiger partial charge in [0.2, 0.25) is 0 Å². The van der Waals surface area contributed by atoms with Crippen LogP contribution < -0.4 is 4.74 Å². The Morgan fingerprint density at radius 3 is 2.79 bits per heavy atom. The van der Waals surface area contributed by atoms with E-state index in [2.05, 4.69) is 4.90 Å². The van der Waals surface area contributed by atoms with Crippen LogP contribution >= 0.6 is 11.6 Å². The zero-order chi connectivity index (χ0) is 23.2. The third-order valence-corrected chi connectivity index (χ3v) is 6.91. The minimum Gasteiger partial charge on any atom is -0.492 e. The molecular formula is C26H32ClFN2O3. The summed E-state index contributed by atoms with van der Waals surface area (Å²) in [7, 11) is 1.74. The van der Waals surface area contributed by atoms with Crippen LogP contribution in [0.1, 0.15) is 48.0 Å². The van der Waals surface area contributed by atoms with E-state index >= 15 is 0 Å². The van der Waals surface area contributed by atoms with E-state index < -0.39 is 0 Å². The Morgan fingerprint density at radius 2 is 1.97 bits per heavy atom. The summed E-state index contributed by atoms with van der Waals surface area (Å²) in [5, 5.41) is 0.403. The van der Waals surface area contributed by atoms with Crippen molar-refractivity contribution in [2.45, 2.75) is 50.8 Å². The Hall–Kier alpha value is -2.15. The van der Waals surface area contributed by atoms with Gasteiger partial charge in [0.15, 0.2) is 0 Å². The summed E-state index contributed by atoms with van der Waals surface area (Å²) in [6.07, 6.45) is 4.77. The molecule has 1 amide bonds. The number of piperidine rings is 1. The largest absolute Gasteiger partial charge is 0.492 e. The SMILES string of the molecule is CO[C@H]1CCCN2C(=O)c3cccc(c3)OCCN(Cc3ccc(Cl)cc3F)CCCC[C@@H]12. The lowest BCUT2D eigenvalue weighted by molar-refractivity contribution is -0.0156. The van der Waals surface area contributed by atoms with E-state index in [1.54, 1.807) is 19.2 Å². The average Bonchev–Trinajstić information content (AvgIpc) is 2.82. The molecule has 33 heavy (non-hydrogen) atoms. The van der Waals surface area contributed by atoms with Crippen LogP contribution in [0.4, 0.5) is 4.39 Å². The number of rotatable bonds is 3. The number of amides is 1. The van der Waals surface area contributed by atoms with E-state index in [0.29, 0.717) is 41.6 Å². The lowest BCUT2D eigenvalue weighted by atomic mass is 9.93. The van der Waals surface area contributed by atoms with Crippen molar-refractivity contribution in [3.63, 3.8) is 0 Å². The number of hydrogen-bond donors (Lipinski definition) is 0. The number of carbonyl (C=O) groups is 1. The molecule has 5 nitrogen and oxygen atoms in total. The van der Waals surface area contributed by atoms with Crippen LogP contribution in [0.25, 0.3) is 0 Å². The zero-order valence-electron chi connectivity index (χ0n) is 19.1. The second kappa shape index (κ2) is 11.3. The molecule has 7 heteroatoms. The minimum absolute atomic E-state index is 0.0455. The molecule has 2 bridgehead atoms. The van der Waals surface area contributed by atoms with Crippen LogP contribution in [0.5, 0.6) is 5.75 Å². The molecule has 2 aliphatic heterocycles. The summed E-state index contributed by atoms with van der Waals surface area (Å²) >= 11 is 5.92. The van der Waals surface area contributed by atoms with Gasteiger partial charge in [0.1, 0.15) is 18.2 Å². The number of ether oxygens (including phenoxy) is 2. The summed E-state index contributed by atoms with van der Waals surface area (Å²) in [6, 6.07) is 12.3. The molecule has 0 saturated carbocycles. The van der Waals surface area contributed by atoms with E-state index in [4.69, 9.17) is 21.1 Å². The van der Waals surface area contributed by atoms with Gasteiger partial charge in [-0.15, -0.1) is 0 Å². The number of hydrogen-bond acceptors (Lipinski definition) is 4. The predicted molar refractivity (Wildman–Crippen MR) is 127 cm³/mol. The first-order chi connectivity index (χ1) is 16.0. The van der Waals surface area contributed by atoms with Crippen molar-refractivity contribution in [3.05, 3.63) is 64.4 Å². The van der Waals surface area contributed by atoms with E-state index in [-0.39, 0.29) is 23.9 Å². The van der Waals surface area contributed by atoms with Gasteiger partial charge in [0, 0.05) is 42.9 Å². The first kappa shape index (κ1) is 24.0. The molecule has 1 saturated heterocycles. The first-order valence-corrected chi connectivity index (χ1v) is 12.2. The molecule has 2 atom stereocenters. The van der Waals surface area contributed by atoms with Crippen LogP contribution in [-0.2, 0) is 11.3 Å². The quantitative estimate of drug-likeness (QED) is 0.616. The minimum atomic E-state index is -0.283. The third kappa shape index (κ3) is 6.05. The first-order valence-electron chi connectivity index (χ1n) is 11.8. The van der Waals surface area contributed by atoms with E-state index in [9.17, 15) is 9.18 Å². The molecule has 0 aliphatic carbocycles. The fraction of sp³-hybridized carbons (Fsp3) is 0.500. The van der Waals surface area contributed by atoms with Crippen molar-refractivity contribution in [1.82, 2.24) is 9.80 Å². The molecule has 4 rings (SSSR count). The predicted octanol–water partition coefficient (Wildman–Crippen LogP) is 5.16. The highest BCUT2D eigenvalue weighted by atomic mass is 35.5. The van der Waals surface area contributed by atoms with Gasteiger partial charge >= 0.3 is 0 Å². The van der Waals surface area contributed by atoms with E-state index in [1.165, 1.54) is 6.07 Å². The summed E-state index contributed by atoms with van der Waals surface area (Å²) in [6.45, 7) is 3.20. The molecule has 0 radical (unpaired) electrons. The number of carbonyl (C=O) groups excluding carboxylic acids is 1. The Balaban J connectivity index is 1.54. The third-order valence-electron chi connectivity index (χ3n) is 6.67. The van der Waals surface area contributed by atoms with Gasteiger partial charge in [-0.3, -0.25) is 9.69 Å². The van der Waals surface area contributed by atoms with Gasteiger partial charge in [-0.25, -0.2) is 4.39 Å². The van der Waals surface area contributed by atoms with Crippen molar-refractivity contribution in [3.8, 4) is 5.75 Å². The van der Waals surface area contributed by atoms with Crippen LogP contribution in [0.2, 0.25) is 5.02 Å². The molecule has 0 aromatic heterocycles. The summed E-state index contributed by atoms with van der Waals surface area (Å²) in [4.78, 5) is 17.6. The molecule has 2 heterocycles. The normalized spacial score (nSPS) is 22.9. The second-order valence-electron chi connectivity index (χ2n) is 8.87. The summed E-state index contributed by atoms with van der Waals surface area (Å²) in [5.74, 6) is 0.436. The van der Waals surface area contributed by atoms with Crippen molar-refractivity contribution >= 4 is 17.5 Å². The Kier molecular flexibility index (Phi) is 8.23.